The molecule has 0 saturated heterocycles. The Morgan fingerprint density at radius 1 is 1.53 bits per heavy atom. The van der Waals surface area contributed by atoms with E-state index in [1.165, 1.54) is 12.1 Å². The van der Waals surface area contributed by atoms with Gasteiger partial charge in [-0.1, -0.05) is 22.9 Å². The highest BCUT2D eigenvalue weighted by molar-refractivity contribution is 9.10. The Labute approximate surface area is 97.4 Å². The highest BCUT2D eigenvalue weighted by atomic mass is 79.9. The Balaban J connectivity index is 2.14. The predicted octanol–water partition coefficient (Wildman–Crippen LogP) is 3.29. The Morgan fingerprint density at radius 3 is 2.80 bits per heavy atom. The number of hydrogen-bond acceptors (Lipinski definition) is 1. The predicted molar refractivity (Wildman–Crippen MR) is 61.2 cm³/mol. The van der Waals surface area contributed by atoms with Crippen molar-refractivity contribution in [2.24, 2.45) is 5.92 Å². The summed E-state index contributed by atoms with van der Waals surface area (Å²) in [7, 11) is 0. The smallest absolute Gasteiger partial charge is 0.123 e. The molecule has 1 aliphatic carbocycles. The number of hydrogen-bond donors (Lipinski definition) is 1. The topological polar surface area (TPSA) is 20.2 Å². The molecule has 0 aliphatic heterocycles. The molecule has 1 aliphatic rings. The van der Waals surface area contributed by atoms with Gasteiger partial charge in [-0.2, -0.15) is 0 Å². The molecule has 15 heavy (non-hydrogen) atoms. The summed E-state index contributed by atoms with van der Waals surface area (Å²) in [6.45, 7) is 2.12. The molecule has 82 valence electrons. The van der Waals surface area contributed by atoms with E-state index in [2.05, 4.69) is 22.9 Å². The van der Waals surface area contributed by atoms with Crippen molar-refractivity contribution in [1.82, 2.24) is 0 Å². The fourth-order valence-corrected chi connectivity index (χ4v) is 2.80. The van der Waals surface area contributed by atoms with Crippen LogP contribution in [0.25, 0.3) is 0 Å². The zero-order chi connectivity index (χ0) is 11.1. The van der Waals surface area contributed by atoms with Crippen molar-refractivity contribution in [1.29, 1.82) is 0 Å². The first-order chi connectivity index (χ1) is 6.98. The molecule has 1 aromatic rings. The quantitative estimate of drug-likeness (QED) is 0.876. The summed E-state index contributed by atoms with van der Waals surface area (Å²) >= 11 is 3.37. The number of benzene rings is 1. The molecule has 0 radical (unpaired) electrons. The molecule has 1 nitrogen and oxygen atoms in total. The third-order valence-corrected chi connectivity index (χ3v) is 3.76. The number of aliphatic hydroxyl groups is 1. The molecule has 0 heterocycles. The first-order valence-electron chi connectivity index (χ1n) is 5.15. The van der Waals surface area contributed by atoms with Gasteiger partial charge < -0.3 is 5.11 Å². The third kappa shape index (κ3) is 2.40. The number of halogens is 2. The van der Waals surface area contributed by atoms with Crippen molar-refractivity contribution in [2.45, 2.75) is 31.8 Å². The molecular formula is C12H14BrFO. The maximum absolute atomic E-state index is 13.0. The zero-order valence-electron chi connectivity index (χ0n) is 8.63. The molecule has 0 unspecified atom stereocenters. The second-order valence-corrected chi connectivity index (χ2v) is 5.50. The van der Waals surface area contributed by atoms with Gasteiger partial charge in [0, 0.05) is 10.9 Å². The van der Waals surface area contributed by atoms with Crippen LogP contribution < -0.4 is 0 Å². The van der Waals surface area contributed by atoms with E-state index in [1.807, 2.05) is 0 Å². The SMILES string of the molecule is CC1CC(O)(Cc2cc(F)ccc2Br)C1. The summed E-state index contributed by atoms with van der Waals surface area (Å²) in [4.78, 5) is 0. The molecule has 0 atom stereocenters. The van der Waals surface area contributed by atoms with E-state index in [0.717, 1.165) is 22.9 Å². The average molecular weight is 273 g/mol. The van der Waals surface area contributed by atoms with E-state index in [9.17, 15) is 9.50 Å². The van der Waals surface area contributed by atoms with Gasteiger partial charge >= 0.3 is 0 Å². The Bertz CT molecular complexity index is 372. The third-order valence-electron chi connectivity index (χ3n) is 2.98. The average Bonchev–Trinajstić information content (AvgIpc) is 2.09. The largest absolute Gasteiger partial charge is 0.390 e. The van der Waals surface area contributed by atoms with Crippen LogP contribution in [0.5, 0.6) is 0 Å². The van der Waals surface area contributed by atoms with Gasteiger partial charge in [0.1, 0.15) is 5.82 Å². The van der Waals surface area contributed by atoms with Crippen LogP contribution in [0.2, 0.25) is 0 Å². The molecule has 0 spiro atoms. The molecular weight excluding hydrogens is 259 g/mol. The molecule has 1 fully saturated rings. The van der Waals surface area contributed by atoms with Crippen LogP contribution >= 0.6 is 15.9 Å². The second kappa shape index (κ2) is 3.87. The molecule has 0 aromatic heterocycles. The minimum absolute atomic E-state index is 0.246. The molecule has 1 saturated carbocycles. The van der Waals surface area contributed by atoms with E-state index in [1.54, 1.807) is 6.07 Å². The van der Waals surface area contributed by atoms with E-state index < -0.39 is 5.60 Å². The zero-order valence-corrected chi connectivity index (χ0v) is 10.2. The monoisotopic (exact) mass is 272 g/mol. The maximum atomic E-state index is 13.0. The Hall–Kier alpha value is -0.410. The van der Waals surface area contributed by atoms with Crippen molar-refractivity contribution in [3.63, 3.8) is 0 Å². The van der Waals surface area contributed by atoms with Crippen LogP contribution in [-0.4, -0.2) is 10.7 Å². The van der Waals surface area contributed by atoms with Crippen LogP contribution in [0.4, 0.5) is 4.39 Å². The van der Waals surface area contributed by atoms with Gasteiger partial charge in [0.05, 0.1) is 5.60 Å². The summed E-state index contributed by atoms with van der Waals surface area (Å²) in [6, 6.07) is 4.60. The van der Waals surface area contributed by atoms with Gasteiger partial charge in [0.2, 0.25) is 0 Å². The molecule has 3 heteroatoms. The molecule has 1 aromatic carbocycles. The van der Waals surface area contributed by atoms with Crippen LogP contribution in [0.1, 0.15) is 25.3 Å². The summed E-state index contributed by atoms with van der Waals surface area (Å²) in [6.07, 6.45) is 2.17. The van der Waals surface area contributed by atoms with Crippen LogP contribution in [0.15, 0.2) is 22.7 Å². The van der Waals surface area contributed by atoms with Gasteiger partial charge in [-0.25, -0.2) is 4.39 Å². The molecule has 2 rings (SSSR count). The molecule has 0 amide bonds. The fraction of sp³-hybridized carbons (Fsp3) is 0.500. The summed E-state index contributed by atoms with van der Waals surface area (Å²) < 4.78 is 13.9. The van der Waals surface area contributed by atoms with Gasteiger partial charge in [0.15, 0.2) is 0 Å². The lowest BCUT2D eigenvalue weighted by molar-refractivity contribution is -0.0667. The van der Waals surface area contributed by atoms with Crippen molar-refractivity contribution < 1.29 is 9.50 Å². The van der Waals surface area contributed by atoms with Gasteiger partial charge in [-0.05, 0) is 42.5 Å². The Morgan fingerprint density at radius 2 is 2.20 bits per heavy atom. The highest BCUT2D eigenvalue weighted by Crippen LogP contribution is 2.40. The van der Waals surface area contributed by atoms with E-state index in [-0.39, 0.29) is 5.82 Å². The van der Waals surface area contributed by atoms with Crippen molar-refractivity contribution in [3.8, 4) is 0 Å². The van der Waals surface area contributed by atoms with Crippen LogP contribution in [0.3, 0.4) is 0 Å². The van der Waals surface area contributed by atoms with E-state index >= 15 is 0 Å². The first kappa shape index (κ1) is 11.1. The standard InChI is InChI=1S/C12H14BrFO/c1-8-5-12(15,6-8)7-9-4-10(14)2-3-11(9)13/h2-4,8,15H,5-7H2,1H3. The second-order valence-electron chi connectivity index (χ2n) is 4.65. The molecule has 0 bridgehead atoms. The lowest BCUT2D eigenvalue weighted by Crippen LogP contribution is -2.44. The van der Waals surface area contributed by atoms with E-state index in [0.29, 0.717) is 12.3 Å². The minimum Gasteiger partial charge on any atom is -0.390 e. The Kier molecular flexibility index (Phi) is 2.86. The van der Waals surface area contributed by atoms with Crippen molar-refractivity contribution in [2.75, 3.05) is 0 Å². The van der Waals surface area contributed by atoms with Gasteiger partial charge in [-0.3, -0.25) is 0 Å². The fourth-order valence-electron chi connectivity index (χ4n) is 2.42. The van der Waals surface area contributed by atoms with E-state index in [4.69, 9.17) is 0 Å². The van der Waals surface area contributed by atoms with Crippen LogP contribution in [-0.2, 0) is 6.42 Å². The van der Waals surface area contributed by atoms with Gasteiger partial charge in [-0.15, -0.1) is 0 Å². The van der Waals surface area contributed by atoms with Crippen molar-refractivity contribution >= 4 is 15.9 Å². The lowest BCUT2D eigenvalue weighted by atomic mass is 9.69. The lowest BCUT2D eigenvalue weighted by Gasteiger charge is -2.42. The highest BCUT2D eigenvalue weighted by Gasteiger charge is 2.40. The summed E-state index contributed by atoms with van der Waals surface area (Å²) in [5.74, 6) is 0.339. The van der Waals surface area contributed by atoms with Crippen LogP contribution in [0, 0.1) is 11.7 Å². The van der Waals surface area contributed by atoms with Crippen molar-refractivity contribution in [3.05, 3.63) is 34.1 Å². The van der Waals surface area contributed by atoms with Gasteiger partial charge in [0.25, 0.3) is 0 Å². The normalized spacial score (nSPS) is 30.0. The molecule has 1 N–H and O–H groups in total. The first-order valence-corrected chi connectivity index (χ1v) is 5.94. The summed E-state index contributed by atoms with van der Waals surface area (Å²) in [5, 5.41) is 10.1. The summed E-state index contributed by atoms with van der Waals surface area (Å²) in [5.41, 5.74) is 0.236. The maximum Gasteiger partial charge on any atom is 0.123 e. The number of rotatable bonds is 2. The minimum atomic E-state index is -0.615.